The maximum Gasteiger partial charge on any atom is 0.295 e. The largest absolute Gasteiger partial charge is 0.507 e. The summed E-state index contributed by atoms with van der Waals surface area (Å²) in [5, 5.41) is 11.5. The Kier molecular flexibility index (Phi) is 6.28. The van der Waals surface area contributed by atoms with E-state index in [1.54, 1.807) is 49.1 Å². The molecule has 4 rings (SSSR count). The zero-order valence-electron chi connectivity index (χ0n) is 17.9. The minimum Gasteiger partial charge on any atom is -0.507 e. The van der Waals surface area contributed by atoms with Crippen molar-refractivity contribution in [1.82, 2.24) is 14.9 Å². The van der Waals surface area contributed by atoms with E-state index < -0.39 is 23.5 Å². The van der Waals surface area contributed by atoms with Gasteiger partial charge in [-0.05, 0) is 41.5 Å². The number of rotatable bonds is 6. The van der Waals surface area contributed by atoms with Crippen molar-refractivity contribution in [2.75, 3.05) is 14.2 Å². The van der Waals surface area contributed by atoms with Crippen LogP contribution in [0.15, 0.2) is 66.8 Å². The average molecular weight is 466 g/mol. The van der Waals surface area contributed by atoms with Crippen LogP contribution in [0.3, 0.4) is 0 Å². The molecule has 8 nitrogen and oxygen atoms in total. The molecule has 1 fully saturated rings. The molecular weight excluding hydrogens is 446 g/mol. The number of ketones is 1. The number of methoxy groups -OCH3 is 2. The summed E-state index contributed by atoms with van der Waals surface area (Å²) in [6.07, 6.45) is 6.34. The first-order chi connectivity index (χ1) is 16.0. The second kappa shape index (κ2) is 9.30. The Morgan fingerprint density at radius 2 is 1.61 bits per heavy atom. The van der Waals surface area contributed by atoms with E-state index in [1.165, 1.54) is 31.3 Å². The van der Waals surface area contributed by atoms with Crippen LogP contribution in [-0.2, 0) is 16.1 Å². The van der Waals surface area contributed by atoms with E-state index in [-0.39, 0.29) is 28.5 Å². The van der Waals surface area contributed by atoms with Crippen molar-refractivity contribution < 1.29 is 24.2 Å². The van der Waals surface area contributed by atoms with E-state index in [1.807, 2.05) is 0 Å². The lowest BCUT2D eigenvalue weighted by Gasteiger charge is -2.25. The Bertz CT molecular complexity index is 1230. The predicted molar refractivity (Wildman–Crippen MR) is 121 cm³/mol. The average Bonchev–Trinajstić information content (AvgIpc) is 3.09. The molecule has 2 aromatic heterocycles. The molecule has 168 valence electrons. The Morgan fingerprint density at radius 1 is 1.00 bits per heavy atom. The number of Topliss-reactive ketones (excluding diaryl/α,β-unsaturated/α-hetero) is 1. The van der Waals surface area contributed by atoms with Gasteiger partial charge in [-0.2, -0.15) is 0 Å². The normalized spacial score (nSPS) is 17.3. The molecule has 0 radical (unpaired) electrons. The molecule has 1 unspecified atom stereocenters. The van der Waals surface area contributed by atoms with Gasteiger partial charge >= 0.3 is 0 Å². The van der Waals surface area contributed by atoms with Crippen LogP contribution in [0.4, 0.5) is 0 Å². The summed E-state index contributed by atoms with van der Waals surface area (Å²) in [6, 6.07) is 9.01. The number of nitrogens with zero attached hydrogens (tertiary/aromatic N) is 3. The molecule has 0 bridgehead atoms. The van der Waals surface area contributed by atoms with Crippen LogP contribution in [0, 0.1) is 0 Å². The van der Waals surface area contributed by atoms with Gasteiger partial charge in [0, 0.05) is 37.4 Å². The van der Waals surface area contributed by atoms with Crippen LogP contribution >= 0.6 is 11.6 Å². The van der Waals surface area contributed by atoms with Crippen LogP contribution in [0.2, 0.25) is 5.02 Å². The highest BCUT2D eigenvalue weighted by Gasteiger charge is 2.46. The number of pyridine rings is 2. The highest BCUT2D eigenvalue weighted by atomic mass is 35.5. The number of aliphatic hydroxyl groups is 1. The number of hydrogen-bond donors (Lipinski definition) is 1. The minimum atomic E-state index is -0.841. The molecule has 0 aliphatic carbocycles. The molecule has 0 spiro atoms. The number of benzene rings is 1. The molecule has 0 saturated carbocycles. The highest BCUT2D eigenvalue weighted by Crippen LogP contribution is 2.43. The van der Waals surface area contributed by atoms with Crippen LogP contribution < -0.4 is 9.47 Å². The van der Waals surface area contributed by atoms with Gasteiger partial charge in [0.25, 0.3) is 11.7 Å². The van der Waals surface area contributed by atoms with Gasteiger partial charge in [-0.25, -0.2) is 0 Å². The lowest BCUT2D eigenvalue weighted by Crippen LogP contribution is -2.29. The lowest BCUT2D eigenvalue weighted by atomic mass is 9.95. The zero-order valence-corrected chi connectivity index (χ0v) is 18.6. The van der Waals surface area contributed by atoms with Crippen molar-refractivity contribution >= 4 is 29.1 Å². The Labute approximate surface area is 195 Å². The summed E-state index contributed by atoms with van der Waals surface area (Å²) in [5.74, 6) is -1.35. The molecule has 33 heavy (non-hydrogen) atoms. The molecule has 3 aromatic rings. The molecular formula is C24H20ClN3O5. The van der Waals surface area contributed by atoms with Crippen molar-refractivity contribution in [3.63, 3.8) is 0 Å². The number of ether oxygens (including phenoxy) is 2. The molecule has 1 amide bonds. The summed E-state index contributed by atoms with van der Waals surface area (Å²) >= 11 is 6.27. The van der Waals surface area contributed by atoms with Crippen LogP contribution in [-0.4, -0.2) is 45.9 Å². The third-order valence-corrected chi connectivity index (χ3v) is 5.69. The summed E-state index contributed by atoms with van der Waals surface area (Å²) in [4.78, 5) is 35.7. The first-order valence-corrected chi connectivity index (χ1v) is 10.3. The SMILES string of the molecule is COc1cc(OC)c(/C(O)=C2\C(=O)C(=O)N(Cc3ccncc3)C2c2ccncc2)cc1Cl. The predicted octanol–water partition coefficient (Wildman–Crippen LogP) is 3.77. The second-order valence-corrected chi connectivity index (χ2v) is 7.66. The van der Waals surface area contributed by atoms with Crippen molar-refractivity contribution in [3.05, 3.63) is 88.5 Å². The van der Waals surface area contributed by atoms with Crippen molar-refractivity contribution in [1.29, 1.82) is 0 Å². The lowest BCUT2D eigenvalue weighted by molar-refractivity contribution is -0.140. The van der Waals surface area contributed by atoms with Crippen LogP contribution in [0.25, 0.3) is 5.76 Å². The zero-order chi connectivity index (χ0) is 23.5. The second-order valence-electron chi connectivity index (χ2n) is 7.25. The molecule has 1 N–H and O–H groups in total. The van der Waals surface area contributed by atoms with Crippen LogP contribution in [0.1, 0.15) is 22.7 Å². The van der Waals surface area contributed by atoms with Gasteiger partial charge < -0.3 is 19.5 Å². The summed E-state index contributed by atoms with van der Waals surface area (Å²) in [7, 11) is 2.87. The number of amides is 1. The maximum atomic E-state index is 13.2. The number of hydrogen-bond acceptors (Lipinski definition) is 7. The molecule has 1 aliphatic rings. The van der Waals surface area contributed by atoms with E-state index in [0.717, 1.165) is 5.56 Å². The van der Waals surface area contributed by atoms with Gasteiger partial charge in [0.05, 0.1) is 36.4 Å². The minimum absolute atomic E-state index is 0.0696. The molecule has 1 aromatic carbocycles. The quantitative estimate of drug-likeness (QED) is 0.336. The highest BCUT2D eigenvalue weighted by molar-refractivity contribution is 6.46. The van der Waals surface area contributed by atoms with Gasteiger partial charge in [-0.3, -0.25) is 19.6 Å². The molecule has 3 heterocycles. The summed E-state index contributed by atoms with van der Waals surface area (Å²) in [6.45, 7) is 0.150. The number of carbonyl (C=O) groups is 2. The number of carbonyl (C=O) groups excluding carboxylic acids is 2. The molecule has 1 atom stereocenters. The van der Waals surface area contributed by atoms with Crippen molar-refractivity contribution in [3.8, 4) is 11.5 Å². The number of aromatic nitrogens is 2. The maximum absolute atomic E-state index is 13.2. The Balaban J connectivity index is 1.90. The fourth-order valence-corrected chi connectivity index (χ4v) is 4.05. The standard InChI is InChI=1S/C24H20ClN3O5/c1-32-18-12-19(33-2)17(25)11-16(18)22(29)20-21(15-5-9-27-10-6-15)28(24(31)23(20)30)13-14-3-7-26-8-4-14/h3-12,21,29H,13H2,1-2H3/b22-20+. The monoisotopic (exact) mass is 465 g/mol. The van der Waals surface area contributed by atoms with E-state index in [0.29, 0.717) is 11.3 Å². The third kappa shape index (κ3) is 4.12. The topological polar surface area (TPSA) is 102 Å². The van der Waals surface area contributed by atoms with Gasteiger partial charge in [-0.15, -0.1) is 0 Å². The van der Waals surface area contributed by atoms with E-state index in [4.69, 9.17) is 21.1 Å². The molecule has 1 aliphatic heterocycles. The van der Waals surface area contributed by atoms with Crippen molar-refractivity contribution in [2.24, 2.45) is 0 Å². The van der Waals surface area contributed by atoms with Gasteiger partial charge in [0.1, 0.15) is 17.3 Å². The molecule has 9 heteroatoms. The summed E-state index contributed by atoms with van der Waals surface area (Å²) in [5.41, 5.74) is 1.51. The Hall–Kier alpha value is -3.91. The number of likely N-dealkylation sites (tertiary alicyclic amines) is 1. The number of aliphatic hydroxyl groups excluding tert-OH is 1. The van der Waals surface area contributed by atoms with E-state index in [9.17, 15) is 14.7 Å². The van der Waals surface area contributed by atoms with E-state index >= 15 is 0 Å². The fourth-order valence-electron chi connectivity index (χ4n) is 3.81. The number of halogens is 1. The van der Waals surface area contributed by atoms with Crippen molar-refractivity contribution in [2.45, 2.75) is 12.6 Å². The third-order valence-electron chi connectivity index (χ3n) is 5.39. The van der Waals surface area contributed by atoms with Gasteiger partial charge in [0.2, 0.25) is 0 Å². The van der Waals surface area contributed by atoms with Gasteiger partial charge in [-0.1, -0.05) is 11.6 Å². The van der Waals surface area contributed by atoms with Gasteiger partial charge in [0.15, 0.2) is 0 Å². The van der Waals surface area contributed by atoms with E-state index in [2.05, 4.69) is 9.97 Å². The fraction of sp³-hybridized carbons (Fsp3) is 0.167. The Morgan fingerprint density at radius 3 is 2.21 bits per heavy atom. The summed E-state index contributed by atoms with van der Waals surface area (Å²) < 4.78 is 10.6. The van der Waals surface area contributed by atoms with Crippen LogP contribution in [0.5, 0.6) is 11.5 Å². The first kappa shape index (κ1) is 22.3. The first-order valence-electron chi connectivity index (χ1n) is 9.95. The smallest absolute Gasteiger partial charge is 0.295 e. The molecule has 1 saturated heterocycles.